The number of ketones is 1. The second-order valence-electron chi connectivity index (χ2n) is 7.20. The number of hydrogen-bond donors (Lipinski definition) is 1. The zero-order chi connectivity index (χ0) is 23.7. The molecular formula is C23H26N2O7. The Balaban J connectivity index is 2.09. The van der Waals surface area contributed by atoms with Crippen molar-refractivity contribution in [3.8, 4) is 11.5 Å². The average Bonchev–Trinajstić information content (AvgIpc) is 2.78. The fourth-order valence-corrected chi connectivity index (χ4v) is 2.42. The molecule has 0 aliphatic rings. The molecule has 0 saturated heterocycles. The second-order valence-corrected chi connectivity index (χ2v) is 7.20. The van der Waals surface area contributed by atoms with E-state index in [0.29, 0.717) is 0 Å². The van der Waals surface area contributed by atoms with Crippen LogP contribution in [-0.4, -0.2) is 49.5 Å². The number of carbonyl (C=O) groups is 4. The molecular weight excluding hydrogens is 416 g/mol. The molecule has 0 unspecified atom stereocenters. The van der Waals surface area contributed by atoms with Crippen LogP contribution >= 0.6 is 0 Å². The van der Waals surface area contributed by atoms with Crippen LogP contribution in [0.3, 0.4) is 0 Å². The Labute approximate surface area is 186 Å². The normalized spacial score (nSPS) is 10.3. The van der Waals surface area contributed by atoms with E-state index in [0.717, 1.165) is 10.5 Å². The number of Topliss-reactive ketones (excluding diaryl/α,β-unsaturated/α-hetero) is 1. The van der Waals surface area contributed by atoms with Gasteiger partial charge in [0.15, 0.2) is 17.3 Å². The van der Waals surface area contributed by atoms with E-state index < -0.39 is 29.9 Å². The standard InChI is InChI=1S/C23H26N2O7/c1-15(2)21(27)31-20-12-17(10-11-19(20)32-22(28)24-3)18(26)13-25(4)23(29)30-14-16-8-6-5-7-9-16/h5-12,15H,13-14H2,1-4H3,(H,24,28). The van der Waals surface area contributed by atoms with Crippen LogP contribution < -0.4 is 14.8 Å². The Morgan fingerprint density at radius 2 is 1.66 bits per heavy atom. The van der Waals surface area contributed by atoms with Gasteiger partial charge in [-0.15, -0.1) is 0 Å². The topological polar surface area (TPSA) is 111 Å². The van der Waals surface area contributed by atoms with Crippen molar-refractivity contribution in [3.05, 3.63) is 59.7 Å². The molecule has 0 saturated carbocycles. The first-order valence-corrected chi connectivity index (χ1v) is 9.91. The minimum absolute atomic E-state index is 0.0227. The van der Waals surface area contributed by atoms with Crippen LogP contribution in [0.2, 0.25) is 0 Å². The van der Waals surface area contributed by atoms with Gasteiger partial charge in [-0.05, 0) is 23.8 Å². The van der Waals surface area contributed by atoms with Crippen LogP contribution in [0, 0.1) is 5.92 Å². The number of carbonyl (C=O) groups excluding carboxylic acids is 4. The van der Waals surface area contributed by atoms with Crippen molar-refractivity contribution in [3.63, 3.8) is 0 Å². The molecule has 0 atom stereocenters. The van der Waals surface area contributed by atoms with E-state index >= 15 is 0 Å². The largest absolute Gasteiger partial charge is 0.445 e. The summed E-state index contributed by atoms with van der Waals surface area (Å²) in [4.78, 5) is 49.6. The summed E-state index contributed by atoms with van der Waals surface area (Å²) in [5.41, 5.74) is 0.993. The van der Waals surface area contributed by atoms with E-state index in [1.54, 1.807) is 13.8 Å². The van der Waals surface area contributed by atoms with Gasteiger partial charge in [-0.2, -0.15) is 0 Å². The Hall–Kier alpha value is -3.88. The highest BCUT2D eigenvalue weighted by atomic mass is 16.6. The van der Waals surface area contributed by atoms with Crippen molar-refractivity contribution in [1.29, 1.82) is 0 Å². The molecule has 2 amide bonds. The minimum atomic E-state index is -0.758. The molecule has 0 spiro atoms. The number of amides is 2. The molecule has 2 aromatic rings. The van der Waals surface area contributed by atoms with Gasteiger partial charge in [-0.25, -0.2) is 9.59 Å². The van der Waals surface area contributed by atoms with Crippen LogP contribution in [0.4, 0.5) is 9.59 Å². The lowest BCUT2D eigenvalue weighted by Gasteiger charge is -2.17. The fourth-order valence-electron chi connectivity index (χ4n) is 2.42. The lowest BCUT2D eigenvalue weighted by molar-refractivity contribution is -0.137. The van der Waals surface area contributed by atoms with Crippen LogP contribution in [0.1, 0.15) is 29.8 Å². The molecule has 0 fully saturated rings. The summed E-state index contributed by atoms with van der Waals surface area (Å²) in [6.45, 7) is 3.11. The highest BCUT2D eigenvalue weighted by molar-refractivity contribution is 5.99. The molecule has 2 rings (SSSR count). The molecule has 0 aliphatic heterocycles. The number of nitrogens with zero attached hydrogens (tertiary/aromatic N) is 1. The quantitative estimate of drug-likeness (QED) is 0.379. The van der Waals surface area contributed by atoms with Gasteiger partial charge < -0.3 is 24.4 Å². The lowest BCUT2D eigenvalue weighted by atomic mass is 10.1. The van der Waals surface area contributed by atoms with E-state index in [1.165, 1.54) is 32.3 Å². The number of esters is 1. The average molecular weight is 442 g/mol. The molecule has 9 nitrogen and oxygen atoms in total. The summed E-state index contributed by atoms with van der Waals surface area (Å²) in [6, 6.07) is 13.2. The van der Waals surface area contributed by atoms with Crippen LogP contribution in [0.25, 0.3) is 0 Å². The molecule has 0 aromatic heterocycles. The maximum atomic E-state index is 12.7. The predicted octanol–water partition coefficient (Wildman–Crippen LogP) is 3.42. The van der Waals surface area contributed by atoms with Gasteiger partial charge in [0.2, 0.25) is 0 Å². The van der Waals surface area contributed by atoms with Gasteiger partial charge in [-0.1, -0.05) is 44.2 Å². The van der Waals surface area contributed by atoms with Gasteiger partial charge in [0.25, 0.3) is 0 Å². The van der Waals surface area contributed by atoms with Crippen molar-refractivity contribution in [2.75, 3.05) is 20.6 Å². The van der Waals surface area contributed by atoms with Gasteiger partial charge in [0.1, 0.15) is 6.61 Å². The highest BCUT2D eigenvalue weighted by Gasteiger charge is 2.20. The second kappa shape index (κ2) is 11.5. The maximum Gasteiger partial charge on any atom is 0.412 e. The number of likely N-dealkylation sites (N-methyl/N-ethyl adjacent to an activating group) is 1. The van der Waals surface area contributed by atoms with Gasteiger partial charge in [-0.3, -0.25) is 9.59 Å². The van der Waals surface area contributed by atoms with Crippen molar-refractivity contribution in [1.82, 2.24) is 10.2 Å². The SMILES string of the molecule is CNC(=O)Oc1ccc(C(=O)CN(C)C(=O)OCc2ccccc2)cc1OC(=O)C(C)C. The number of ether oxygens (including phenoxy) is 3. The van der Waals surface area contributed by atoms with Crippen molar-refractivity contribution in [2.45, 2.75) is 20.5 Å². The Morgan fingerprint density at radius 3 is 2.28 bits per heavy atom. The minimum Gasteiger partial charge on any atom is -0.445 e. The van der Waals surface area contributed by atoms with E-state index in [-0.39, 0.29) is 30.2 Å². The first-order valence-electron chi connectivity index (χ1n) is 9.91. The number of benzene rings is 2. The number of rotatable bonds is 8. The summed E-state index contributed by atoms with van der Waals surface area (Å²) in [5.74, 6) is -1.51. The summed E-state index contributed by atoms with van der Waals surface area (Å²) >= 11 is 0. The third kappa shape index (κ3) is 7.12. The Kier molecular flexibility index (Phi) is 8.76. The molecule has 32 heavy (non-hydrogen) atoms. The molecule has 0 heterocycles. The summed E-state index contributed by atoms with van der Waals surface area (Å²) in [6.07, 6.45) is -1.42. The molecule has 170 valence electrons. The van der Waals surface area contributed by atoms with E-state index in [4.69, 9.17) is 14.2 Å². The highest BCUT2D eigenvalue weighted by Crippen LogP contribution is 2.29. The van der Waals surface area contributed by atoms with E-state index in [9.17, 15) is 19.2 Å². The summed E-state index contributed by atoms with van der Waals surface area (Å²) in [7, 11) is 2.82. The van der Waals surface area contributed by atoms with Gasteiger partial charge >= 0.3 is 18.2 Å². The van der Waals surface area contributed by atoms with Crippen molar-refractivity contribution >= 4 is 23.9 Å². The van der Waals surface area contributed by atoms with Gasteiger partial charge in [0, 0.05) is 19.7 Å². The molecule has 0 bridgehead atoms. The Bertz CT molecular complexity index is 974. The molecule has 9 heteroatoms. The smallest absolute Gasteiger partial charge is 0.412 e. The molecule has 1 N–H and O–H groups in total. The number of hydrogen-bond acceptors (Lipinski definition) is 7. The van der Waals surface area contributed by atoms with E-state index in [2.05, 4.69) is 5.32 Å². The zero-order valence-electron chi connectivity index (χ0n) is 18.4. The van der Waals surface area contributed by atoms with E-state index in [1.807, 2.05) is 30.3 Å². The first-order chi connectivity index (χ1) is 15.2. The molecule has 0 aliphatic carbocycles. The summed E-state index contributed by atoms with van der Waals surface area (Å²) < 4.78 is 15.6. The predicted molar refractivity (Wildman–Crippen MR) is 116 cm³/mol. The van der Waals surface area contributed by atoms with Crippen molar-refractivity contribution < 1.29 is 33.4 Å². The maximum absolute atomic E-state index is 12.7. The summed E-state index contributed by atoms with van der Waals surface area (Å²) in [5, 5.41) is 2.29. The van der Waals surface area contributed by atoms with Crippen LogP contribution in [0.5, 0.6) is 11.5 Å². The fraction of sp³-hybridized carbons (Fsp3) is 0.304. The lowest BCUT2D eigenvalue weighted by Crippen LogP contribution is -2.32. The third-order valence-corrected chi connectivity index (χ3v) is 4.25. The molecule has 0 radical (unpaired) electrons. The third-order valence-electron chi connectivity index (χ3n) is 4.25. The van der Waals surface area contributed by atoms with Crippen LogP contribution in [-0.2, 0) is 16.1 Å². The van der Waals surface area contributed by atoms with Crippen molar-refractivity contribution in [2.24, 2.45) is 5.92 Å². The Morgan fingerprint density at radius 1 is 0.969 bits per heavy atom. The van der Waals surface area contributed by atoms with Crippen LogP contribution in [0.15, 0.2) is 48.5 Å². The monoisotopic (exact) mass is 442 g/mol. The number of nitrogens with one attached hydrogen (secondary N) is 1. The first kappa shape index (κ1) is 24.4. The molecule has 2 aromatic carbocycles. The van der Waals surface area contributed by atoms with Gasteiger partial charge in [0.05, 0.1) is 12.5 Å². The zero-order valence-corrected chi connectivity index (χ0v) is 18.4.